The Hall–Kier alpha value is -1.74. The van der Waals surface area contributed by atoms with Crippen LogP contribution in [-0.2, 0) is 6.61 Å². The van der Waals surface area contributed by atoms with Gasteiger partial charge in [0, 0.05) is 4.47 Å². The van der Waals surface area contributed by atoms with E-state index in [2.05, 4.69) is 20.3 Å². The molecular formula is C11H8BrF2N3O2S. The molecular weight excluding hydrogens is 356 g/mol. The van der Waals surface area contributed by atoms with Gasteiger partial charge in [0.25, 0.3) is 5.91 Å². The number of carbonyl (C=O) groups excluding carboxylic acids is 1. The maximum atomic E-state index is 13.6. The molecule has 2 rings (SSSR count). The van der Waals surface area contributed by atoms with Gasteiger partial charge in [-0.2, -0.15) is 4.37 Å². The minimum Gasteiger partial charge on any atom is -0.471 e. The zero-order valence-corrected chi connectivity index (χ0v) is 12.2. The van der Waals surface area contributed by atoms with Gasteiger partial charge in [0.1, 0.15) is 28.8 Å². The zero-order valence-electron chi connectivity index (χ0n) is 9.82. The Balaban J connectivity index is 2.24. The molecule has 0 aliphatic heterocycles. The van der Waals surface area contributed by atoms with Crippen molar-refractivity contribution in [3.8, 4) is 5.88 Å². The summed E-state index contributed by atoms with van der Waals surface area (Å²) in [6.45, 7) is -0.436. The van der Waals surface area contributed by atoms with Crippen molar-refractivity contribution in [2.75, 3.05) is 5.73 Å². The van der Waals surface area contributed by atoms with Crippen molar-refractivity contribution in [3.63, 3.8) is 0 Å². The van der Waals surface area contributed by atoms with E-state index in [9.17, 15) is 13.6 Å². The average Bonchev–Trinajstić information content (AvgIpc) is 2.69. The summed E-state index contributed by atoms with van der Waals surface area (Å²) in [6, 6.07) is 2.21. The van der Waals surface area contributed by atoms with Gasteiger partial charge in [0.15, 0.2) is 0 Å². The normalized spacial score (nSPS) is 10.6. The summed E-state index contributed by atoms with van der Waals surface area (Å²) in [4.78, 5) is 11.2. The molecule has 1 aromatic heterocycles. The summed E-state index contributed by atoms with van der Waals surface area (Å²) in [5.41, 5.74) is 10.3. The van der Waals surface area contributed by atoms with Crippen LogP contribution in [0, 0.1) is 11.6 Å². The molecule has 1 heterocycles. The van der Waals surface area contributed by atoms with Gasteiger partial charge in [-0.3, -0.25) is 4.79 Å². The first kappa shape index (κ1) is 14.7. The first-order valence-corrected chi connectivity index (χ1v) is 6.78. The highest BCUT2D eigenvalue weighted by atomic mass is 79.9. The lowest BCUT2D eigenvalue weighted by atomic mass is 10.2. The number of aromatic nitrogens is 1. The second-order valence-electron chi connectivity index (χ2n) is 3.73. The molecule has 0 aliphatic carbocycles. The molecule has 4 N–H and O–H groups in total. The summed E-state index contributed by atoms with van der Waals surface area (Å²) in [7, 11) is 0. The second-order valence-corrected chi connectivity index (χ2v) is 5.45. The molecule has 0 atom stereocenters. The SMILES string of the molecule is NC(=O)c1c(OCc2c(F)cc(Br)cc2F)nsc1N. The van der Waals surface area contributed by atoms with E-state index >= 15 is 0 Å². The highest BCUT2D eigenvalue weighted by Gasteiger charge is 2.19. The second kappa shape index (κ2) is 5.71. The molecule has 106 valence electrons. The lowest BCUT2D eigenvalue weighted by Crippen LogP contribution is -2.14. The van der Waals surface area contributed by atoms with Gasteiger partial charge in [-0.1, -0.05) is 15.9 Å². The summed E-state index contributed by atoms with van der Waals surface area (Å²) in [6.07, 6.45) is 0. The summed E-state index contributed by atoms with van der Waals surface area (Å²) in [5.74, 6) is -2.51. The number of anilines is 1. The summed E-state index contributed by atoms with van der Waals surface area (Å²) in [5, 5.41) is 0.0873. The smallest absolute Gasteiger partial charge is 0.257 e. The Morgan fingerprint density at radius 3 is 2.55 bits per heavy atom. The summed E-state index contributed by atoms with van der Waals surface area (Å²) >= 11 is 3.78. The molecule has 0 radical (unpaired) electrons. The van der Waals surface area contributed by atoms with Crippen molar-refractivity contribution < 1.29 is 18.3 Å². The van der Waals surface area contributed by atoms with Gasteiger partial charge in [-0.05, 0) is 23.7 Å². The van der Waals surface area contributed by atoms with E-state index in [0.29, 0.717) is 0 Å². The lowest BCUT2D eigenvalue weighted by Gasteiger charge is -2.07. The van der Waals surface area contributed by atoms with Gasteiger partial charge in [-0.25, -0.2) is 8.78 Å². The van der Waals surface area contributed by atoms with Gasteiger partial charge in [0.05, 0.1) is 5.56 Å². The molecule has 9 heteroatoms. The molecule has 0 fully saturated rings. The van der Waals surface area contributed by atoms with E-state index < -0.39 is 24.1 Å². The van der Waals surface area contributed by atoms with Crippen molar-refractivity contribution >= 4 is 38.4 Å². The fourth-order valence-corrected chi connectivity index (χ4v) is 2.47. The molecule has 0 unspecified atom stereocenters. The third-order valence-electron chi connectivity index (χ3n) is 2.39. The number of halogens is 3. The molecule has 0 aliphatic rings. The zero-order chi connectivity index (χ0) is 14.9. The van der Waals surface area contributed by atoms with Crippen molar-refractivity contribution in [3.05, 3.63) is 39.4 Å². The molecule has 0 bridgehead atoms. The molecule has 20 heavy (non-hydrogen) atoms. The molecule has 5 nitrogen and oxygen atoms in total. The van der Waals surface area contributed by atoms with Crippen LogP contribution >= 0.6 is 27.5 Å². The molecule has 0 saturated heterocycles. The van der Waals surface area contributed by atoms with Gasteiger partial charge < -0.3 is 16.2 Å². The van der Waals surface area contributed by atoms with Gasteiger partial charge in [0.2, 0.25) is 5.88 Å². The van der Waals surface area contributed by atoms with E-state index in [4.69, 9.17) is 16.2 Å². The number of ether oxygens (including phenoxy) is 1. The number of nitrogens with two attached hydrogens (primary N) is 2. The number of amides is 1. The number of hydrogen-bond acceptors (Lipinski definition) is 5. The number of benzene rings is 1. The third kappa shape index (κ3) is 2.88. The third-order valence-corrected chi connectivity index (χ3v) is 3.51. The van der Waals surface area contributed by atoms with Crippen LogP contribution in [0.1, 0.15) is 15.9 Å². The maximum Gasteiger partial charge on any atom is 0.257 e. The summed E-state index contributed by atoms with van der Waals surface area (Å²) < 4.78 is 36.4. The Kier molecular flexibility index (Phi) is 4.19. The monoisotopic (exact) mass is 363 g/mol. The Bertz CT molecular complexity index is 655. The lowest BCUT2D eigenvalue weighted by molar-refractivity contribution is 0.0996. The van der Waals surface area contributed by atoms with Crippen LogP contribution in [0.3, 0.4) is 0 Å². The average molecular weight is 364 g/mol. The van der Waals surface area contributed by atoms with Crippen LogP contribution in [-0.4, -0.2) is 10.3 Å². The maximum absolute atomic E-state index is 13.6. The first-order chi connectivity index (χ1) is 9.40. The van der Waals surface area contributed by atoms with Crippen molar-refractivity contribution in [2.45, 2.75) is 6.61 Å². The minimum atomic E-state index is -0.817. The number of primary amides is 1. The first-order valence-electron chi connectivity index (χ1n) is 5.21. The topological polar surface area (TPSA) is 91.2 Å². The molecule has 1 aromatic carbocycles. The predicted molar refractivity (Wildman–Crippen MR) is 73.4 cm³/mol. The van der Waals surface area contributed by atoms with Crippen LogP contribution in [0.5, 0.6) is 5.88 Å². The molecule has 2 aromatic rings. The van der Waals surface area contributed by atoms with Crippen LogP contribution in [0.2, 0.25) is 0 Å². The number of carbonyl (C=O) groups is 1. The molecule has 0 spiro atoms. The fraction of sp³-hybridized carbons (Fsp3) is 0.0909. The van der Waals surface area contributed by atoms with Crippen LogP contribution in [0.15, 0.2) is 16.6 Å². The van der Waals surface area contributed by atoms with Crippen LogP contribution in [0.4, 0.5) is 13.8 Å². The van der Waals surface area contributed by atoms with E-state index in [1.165, 1.54) is 0 Å². The minimum absolute atomic E-state index is 0.0873. The number of nitrogens with zero attached hydrogens (tertiary/aromatic N) is 1. The van der Waals surface area contributed by atoms with Crippen molar-refractivity contribution in [1.29, 1.82) is 0 Å². The number of nitrogen functional groups attached to an aromatic ring is 1. The van der Waals surface area contributed by atoms with E-state index in [-0.39, 0.29) is 26.5 Å². The Morgan fingerprint density at radius 1 is 1.40 bits per heavy atom. The van der Waals surface area contributed by atoms with E-state index in [0.717, 1.165) is 23.7 Å². The van der Waals surface area contributed by atoms with Gasteiger partial charge in [-0.15, -0.1) is 0 Å². The van der Waals surface area contributed by atoms with E-state index in [1.807, 2.05) is 0 Å². The fourth-order valence-electron chi connectivity index (χ4n) is 1.46. The Labute approximate surface area is 124 Å². The van der Waals surface area contributed by atoms with Crippen molar-refractivity contribution in [1.82, 2.24) is 4.37 Å². The van der Waals surface area contributed by atoms with Crippen LogP contribution in [0.25, 0.3) is 0 Å². The molecule has 0 saturated carbocycles. The quantitative estimate of drug-likeness (QED) is 0.872. The highest BCUT2D eigenvalue weighted by molar-refractivity contribution is 9.10. The van der Waals surface area contributed by atoms with E-state index in [1.54, 1.807) is 0 Å². The highest BCUT2D eigenvalue weighted by Crippen LogP contribution is 2.28. The Morgan fingerprint density at radius 2 is 2.00 bits per heavy atom. The van der Waals surface area contributed by atoms with Gasteiger partial charge >= 0.3 is 0 Å². The standard InChI is InChI=1S/C11H8BrF2N3O2S/c12-4-1-6(13)5(7(14)2-4)3-19-11-8(9(15)18)10(16)20-17-11/h1-2H,3,16H2,(H2,15,18). The number of hydrogen-bond donors (Lipinski definition) is 2. The largest absolute Gasteiger partial charge is 0.471 e. The predicted octanol–water partition coefficient (Wildman–Crippen LogP) is 2.44. The van der Waals surface area contributed by atoms with Crippen molar-refractivity contribution in [2.24, 2.45) is 5.73 Å². The van der Waals surface area contributed by atoms with Crippen LogP contribution < -0.4 is 16.2 Å². The number of rotatable bonds is 4. The molecule has 1 amide bonds.